The Balaban J connectivity index is 1.93. The monoisotopic (exact) mass is 333 g/mol. The fourth-order valence-corrected chi connectivity index (χ4v) is 2.28. The van der Waals surface area contributed by atoms with Crippen molar-refractivity contribution < 1.29 is 22.2 Å². The van der Waals surface area contributed by atoms with E-state index in [0.29, 0.717) is 22.1 Å². The Kier molecular flexibility index (Phi) is 3.87. The van der Waals surface area contributed by atoms with Crippen LogP contribution in [0, 0.1) is 0 Å². The molecular formula is C15H11NO6S. The van der Waals surface area contributed by atoms with Crippen LogP contribution >= 0.6 is 0 Å². The Hall–Kier alpha value is -2.68. The van der Waals surface area contributed by atoms with Gasteiger partial charge in [-0.3, -0.25) is 9.35 Å². The smallest absolute Gasteiger partial charge is 0.364 e. The molecule has 0 radical (unpaired) electrons. The molecule has 1 heterocycles. The van der Waals surface area contributed by atoms with Crippen molar-refractivity contribution in [2.45, 2.75) is 0 Å². The predicted octanol–water partition coefficient (Wildman–Crippen LogP) is 2.15. The van der Waals surface area contributed by atoms with E-state index in [1.807, 2.05) is 0 Å². The van der Waals surface area contributed by atoms with Crippen molar-refractivity contribution in [3.63, 3.8) is 0 Å². The first-order chi connectivity index (χ1) is 10.9. The number of para-hydroxylation sites is 1. The molecule has 0 bridgehead atoms. The molecule has 23 heavy (non-hydrogen) atoms. The fourth-order valence-electron chi connectivity index (χ4n) is 2.08. The maximum Gasteiger partial charge on any atom is 0.364 e. The van der Waals surface area contributed by atoms with E-state index in [0.717, 1.165) is 0 Å². The molecule has 0 amide bonds. The van der Waals surface area contributed by atoms with E-state index in [4.69, 9.17) is 8.97 Å². The first kappa shape index (κ1) is 15.2. The summed E-state index contributed by atoms with van der Waals surface area (Å²) in [5.41, 5.74) is 1.29. The Morgan fingerprint density at radius 1 is 1.04 bits per heavy atom. The molecule has 0 aliphatic heterocycles. The molecule has 1 aromatic heterocycles. The number of hydrogen-bond acceptors (Lipinski definition) is 5. The molecule has 2 N–H and O–H groups in total. The van der Waals surface area contributed by atoms with Crippen molar-refractivity contribution in [1.82, 2.24) is 4.89 Å². The average Bonchev–Trinajstić information content (AvgIpc) is 2.54. The molecule has 0 saturated carbocycles. The zero-order valence-corrected chi connectivity index (χ0v) is 12.4. The SMILES string of the molecule is O=c1c(-c2ccc(ONS(=O)(=O)O)cc2)coc2ccccc12. The summed E-state index contributed by atoms with van der Waals surface area (Å²) >= 11 is 0. The summed E-state index contributed by atoms with van der Waals surface area (Å²) in [4.78, 5) is 18.6. The number of rotatable bonds is 4. The molecule has 3 aromatic rings. The number of benzene rings is 2. The summed E-state index contributed by atoms with van der Waals surface area (Å²) in [6.45, 7) is 0. The molecular weight excluding hydrogens is 322 g/mol. The minimum absolute atomic E-state index is 0.150. The van der Waals surface area contributed by atoms with Crippen LogP contribution in [0.3, 0.4) is 0 Å². The maximum absolute atomic E-state index is 12.5. The maximum atomic E-state index is 12.5. The average molecular weight is 333 g/mol. The van der Waals surface area contributed by atoms with Gasteiger partial charge in [-0.2, -0.15) is 8.42 Å². The first-order valence-electron chi connectivity index (χ1n) is 6.46. The summed E-state index contributed by atoms with van der Waals surface area (Å²) < 4.78 is 35.0. The second-order valence-electron chi connectivity index (χ2n) is 4.66. The molecule has 3 rings (SSSR count). The number of fused-ring (bicyclic) bond motifs is 1. The Bertz CT molecular complexity index is 1010. The van der Waals surface area contributed by atoms with Crippen LogP contribution in [0.4, 0.5) is 0 Å². The highest BCUT2D eigenvalue weighted by atomic mass is 32.2. The lowest BCUT2D eigenvalue weighted by Gasteiger charge is -2.06. The van der Waals surface area contributed by atoms with Crippen molar-refractivity contribution in [2.24, 2.45) is 0 Å². The van der Waals surface area contributed by atoms with E-state index >= 15 is 0 Å². The summed E-state index contributed by atoms with van der Waals surface area (Å²) in [7, 11) is -4.45. The quantitative estimate of drug-likeness (QED) is 0.560. The zero-order chi connectivity index (χ0) is 16.4. The first-order valence-corrected chi connectivity index (χ1v) is 7.90. The summed E-state index contributed by atoms with van der Waals surface area (Å²) in [6.07, 6.45) is 1.37. The molecule has 8 heteroatoms. The van der Waals surface area contributed by atoms with Crippen LogP contribution in [0.5, 0.6) is 5.75 Å². The van der Waals surface area contributed by atoms with Gasteiger partial charge in [0.2, 0.25) is 0 Å². The van der Waals surface area contributed by atoms with Gasteiger partial charge in [0.15, 0.2) is 5.43 Å². The second kappa shape index (κ2) is 5.84. The van der Waals surface area contributed by atoms with Crippen LogP contribution in [-0.2, 0) is 10.3 Å². The Morgan fingerprint density at radius 2 is 1.74 bits per heavy atom. The highest BCUT2D eigenvalue weighted by molar-refractivity contribution is 7.83. The lowest BCUT2D eigenvalue weighted by molar-refractivity contribution is 0.251. The van der Waals surface area contributed by atoms with E-state index in [2.05, 4.69) is 4.84 Å². The van der Waals surface area contributed by atoms with Crippen LogP contribution in [-0.4, -0.2) is 13.0 Å². The third-order valence-electron chi connectivity index (χ3n) is 3.11. The van der Waals surface area contributed by atoms with Gasteiger partial charge in [-0.25, -0.2) is 0 Å². The standard InChI is InChI=1S/C15H11NO6S/c17-15-12-3-1-2-4-14(12)21-9-13(15)10-5-7-11(8-6-10)22-16-23(18,19)20/h1-9,16H,(H,18,19,20). The molecule has 0 fully saturated rings. The molecule has 2 aromatic carbocycles. The van der Waals surface area contributed by atoms with Gasteiger partial charge >= 0.3 is 10.3 Å². The molecule has 7 nitrogen and oxygen atoms in total. The highest BCUT2D eigenvalue weighted by Crippen LogP contribution is 2.22. The summed E-state index contributed by atoms with van der Waals surface area (Å²) in [5.74, 6) is 0.150. The summed E-state index contributed by atoms with van der Waals surface area (Å²) in [5, 5.41) is 0.471. The topological polar surface area (TPSA) is 106 Å². The predicted molar refractivity (Wildman–Crippen MR) is 83.2 cm³/mol. The molecule has 0 aliphatic carbocycles. The third-order valence-corrected chi connectivity index (χ3v) is 3.40. The van der Waals surface area contributed by atoms with Gasteiger partial charge in [0.25, 0.3) is 0 Å². The van der Waals surface area contributed by atoms with Crippen LogP contribution in [0.15, 0.2) is 64.0 Å². The van der Waals surface area contributed by atoms with Gasteiger partial charge in [-0.1, -0.05) is 24.3 Å². The van der Waals surface area contributed by atoms with Crippen LogP contribution in [0.1, 0.15) is 0 Å². The van der Waals surface area contributed by atoms with Gasteiger partial charge in [0, 0.05) is 0 Å². The van der Waals surface area contributed by atoms with Gasteiger partial charge in [0.05, 0.1) is 10.9 Å². The zero-order valence-electron chi connectivity index (χ0n) is 11.6. The van der Waals surface area contributed by atoms with Crippen LogP contribution < -0.4 is 15.2 Å². The van der Waals surface area contributed by atoms with E-state index in [1.165, 1.54) is 23.3 Å². The largest absolute Gasteiger partial charge is 0.463 e. The third kappa shape index (κ3) is 3.39. The van der Waals surface area contributed by atoms with E-state index in [-0.39, 0.29) is 11.2 Å². The molecule has 118 valence electrons. The Labute approximate surface area is 131 Å². The minimum Gasteiger partial charge on any atom is -0.463 e. The normalized spacial score (nSPS) is 11.5. The fraction of sp³-hybridized carbons (Fsp3) is 0. The van der Waals surface area contributed by atoms with Gasteiger partial charge in [-0.15, -0.1) is 0 Å². The molecule has 0 unspecified atom stereocenters. The van der Waals surface area contributed by atoms with E-state index in [9.17, 15) is 13.2 Å². The Morgan fingerprint density at radius 3 is 2.43 bits per heavy atom. The number of nitrogens with one attached hydrogen (secondary N) is 1. The second-order valence-corrected chi connectivity index (χ2v) is 5.78. The van der Waals surface area contributed by atoms with Crippen LogP contribution in [0.25, 0.3) is 22.1 Å². The minimum atomic E-state index is -4.45. The number of hydrogen-bond donors (Lipinski definition) is 2. The van der Waals surface area contributed by atoms with Gasteiger partial charge in [-0.05, 0) is 34.7 Å². The molecule has 0 atom stereocenters. The van der Waals surface area contributed by atoms with Gasteiger partial charge < -0.3 is 9.25 Å². The molecule has 0 aliphatic rings. The van der Waals surface area contributed by atoms with Crippen molar-refractivity contribution >= 4 is 21.3 Å². The lowest BCUT2D eigenvalue weighted by Crippen LogP contribution is -2.26. The summed E-state index contributed by atoms with van der Waals surface area (Å²) in [6, 6.07) is 12.9. The molecule has 0 spiro atoms. The van der Waals surface area contributed by atoms with Crippen LogP contribution in [0.2, 0.25) is 0 Å². The van der Waals surface area contributed by atoms with Gasteiger partial charge in [0.1, 0.15) is 17.6 Å². The van der Waals surface area contributed by atoms with Crippen molar-refractivity contribution in [1.29, 1.82) is 0 Å². The van der Waals surface area contributed by atoms with E-state index in [1.54, 1.807) is 36.4 Å². The molecule has 0 saturated heterocycles. The lowest BCUT2D eigenvalue weighted by atomic mass is 10.1. The van der Waals surface area contributed by atoms with Crippen molar-refractivity contribution in [3.05, 3.63) is 65.0 Å². The van der Waals surface area contributed by atoms with Crippen molar-refractivity contribution in [3.8, 4) is 16.9 Å². The van der Waals surface area contributed by atoms with Crippen molar-refractivity contribution in [2.75, 3.05) is 0 Å². The highest BCUT2D eigenvalue weighted by Gasteiger charge is 2.09. The van der Waals surface area contributed by atoms with E-state index < -0.39 is 10.3 Å².